The van der Waals surface area contributed by atoms with E-state index in [9.17, 15) is 9.59 Å². The molecule has 1 heterocycles. The van der Waals surface area contributed by atoms with Crippen LogP contribution in [0.4, 0.5) is 0 Å². The molecule has 0 atom stereocenters. The number of carbonyl (C=O) groups excluding carboxylic acids is 2. The van der Waals surface area contributed by atoms with Crippen LogP contribution >= 0.6 is 23.1 Å². The van der Waals surface area contributed by atoms with Gasteiger partial charge in [0.1, 0.15) is 6.29 Å². The van der Waals surface area contributed by atoms with Gasteiger partial charge in [-0.2, -0.15) is 0 Å². The van der Waals surface area contributed by atoms with Gasteiger partial charge in [-0.15, -0.1) is 11.3 Å². The van der Waals surface area contributed by atoms with Crippen molar-refractivity contribution in [2.45, 2.75) is 11.3 Å². The van der Waals surface area contributed by atoms with Crippen LogP contribution < -0.4 is 0 Å². The summed E-state index contributed by atoms with van der Waals surface area (Å²) in [5, 5.41) is 1.63. The highest BCUT2D eigenvalue weighted by Crippen LogP contribution is 2.21. The number of hydrogen-bond donors (Lipinski definition) is 0. The van der Waals surface area contributed by atoms with E-state index in [0.29, 0.717) is 22.4 Å². The van der Waals surface area contributed by atoms with Crippen LogP contribution in [0.2, 0.25) is 0 Å². The Labute approximate surface area is 89.7 Å². The van der Waals surface area contributed by atoms with E-state index in [1.807, 2.05) is 0 Å². The maximum absolute atomic E-state index is 11.2. The Morgan fingerprint density at radius 3 is 3.21 bits per heavy atom. The molecule has 0 bridgehead atoms. The zero-order valence-corrected chi connectivity index (χ0v) is 9.19. The molecule has 0 N–H and O–H groups in total. The molecule has 0 aliphatic carbocycles. The fraction of sp³-hybridized carbons (Fsp3) is 0.375. The van der Waals surface area contributed by atoms with Crippen molar-refractivity contribution in [3.8, 4) is 0 Å². The second-order valence-electron chi connectivity index (χ2n) is 2.20. The van der Waals surface area contributed by atoms with Crippen LogP contribution in [0.3, 0.4) is 0 Å². The van der Waals surface area contributed by atoms with Crippen molar-refractivity contribution < 1.29 is 14.3 Å². The predicted octanol–water partition coefficient (Wildman–Crippen LogP) is 1.61. The Kier molecular flexibility index (Phi) is 4.61. The Morgan fingerprint density at radius 1 is 1.79 bits per heavy atom. The minimum atomic E-state index is -0.415. The average Bonchev–Trinajstić information content (AvgIpc) is 2.63. The molecule has 4 nitrogen and oxygen atoms in total. The molecule has 0 spiro atoms. The predicted molar refractivity (Wildman–Crippen MR) is 54.9 cm³/mol. The Bertz CT molecular complexity index is 324. The summed E-state index contributed by atoms with van der Waals surface area (Å²) in [5.74, 6) is -0.0582. The minimum absolute atomic E-state index is 0.310. The topological polar surface area (TPSA) is 56.3 Å². The number of nitrogens with zero attached hydrogens (tertiary/aromatic N) is 1. The van der Waals surface area contributed by atoms with Crippen LogP contribution in [0.5, 0.6) is 0 Å². The fourth-order valence-corrected chi connectivity index (χ4v) is 2.23. The van der Waals surface area contributed by atoms with Gasteiger partial charge in [0.25, 0.3) is 0 Å². The quantitative estimate of drug-likeness (QED) is 0.438. The number of thiazole rings is 1. The third-order valence-corrected chi connectivity index (χ3v) is 3.16. The highest BCUT2D eigenvalue weighted by molar-refractivity contribution is 8.01. The van der Waals surface area contributed by atoms with E-state index in [-0.39, 0.29) is 0 Å². The van der Waals surface area contributed by atoms with Crippen LogP contribution in [-0.2, 0) is 9.53 Å². The van der Waals surface area contributed by atoms with Gasteiger partial charge in [0, 0.05) is 5.38 Å². The van der Waals surface area contributed by atoms with Gasteiger partial charge in [0.2, 0.25) is 0 Å². The normalized spacial score (nSPS) is 9.79. The standard InChI is InChI=1S/C8H9NO3S2/c1-2-12-7(11)6-5-14-8(9-6)13-4-3-10/h3,5H,2,4H2,1H3. The maximum Gasteiger partial charge on any atom is 0.357 e. The SMILES string of the molecule is CCOC(=O)c1csc(SCC=O)n1. The summed E-state index contributed by atoms with van der Waals surface area (Å²) >= 11 is 2.64. The summed E-state index contributed by atoms with van der Waals surface area (Å²) in [6, 6.07) is 0. The molecule has 0 radical (unpaired) electrons. The molecule has 0 aromatic carbocycles. The first-order valence-corrected chi connectivity index (χ1v) is 5.83. The molecule has 76 valence electrons. The third kappa shape index (κ3) is 3.12. The fourth-order valence-electron chi connectivity index (χ4n) is 0.728. The number of esters is 1. The van der Waals surface area contributed by atoms with Gasteiger partial charge in [0.15, 0.2) is 10.0 Å². The number of carbonyl (C=O) groups is 2. The maximum atomic E-state index is 11.2. The van der Waals surface area contributed by atoms with E-state index >= 15 is 0 Å². The summed E-state index contributed by atoms with van der Waals surface area (Å²) in [4.78, 5) is 25.3. The molecule has 6 heteroatoms. The van der Waals surface area contributed by atoms with Gasteiger partial charge >= 0.3 is 5.97 Å². The van der Waals surface area contributed by atoms with Gasteiger partial charge in [-0.05, 0) is 6.92 Å². The minimum Gasteiger partial charge on any atom is -0.461 e. The lowest BCUT2D eigenvalue weighted by Crippen LogP contribution is -2.04. The summed E-state index contributed by atoms with van der Waals surface area (Å²) in [6.07, 6.45) is 0.802. The summed E-state index contributed by atoms with van der Waals surface area (Å²) in [6.45, 7) is 2.08. The molecule has 14 heavy (non-hydrogen) atoms. The van der Waals surface area contributed by atoms with Gasteiger partial charge < -0.3 is 9.53 Å². The van der Waals surface area contributed by atoms with Crippen molar-refractivity contribution in [2.24, 2.45) is 0 Å². The third-order valence-electron chi connectivity index (χ3n) is 1.24. The highest BCUT2D eigenvalue weighted by atomic mass is 32.2. The van der Waals surface area contributed by atoms with E-state index < -0.39 is 5.97 Å². The van der Waals surface area contributed by atoms with Crippen molar-refractivity contribution in [1.29, 1.82) is 0 Å². The first-order valence-electron chi connectivity index (χ1n) is 3.97. The molecule has 0 amide bonds. The molecular formula is C8H9NO3S2. The zero-order chi connectivity index (χ0) is 10.4. The van der Waals surface area contributed by atoms with Crippen molar-refractivity contribution in [3.63, 3.8) is 0 Å². The molecule has 1 rings (SSSR count). The Balaban J connectivity index is 2.58. The second kappa shape index (κ2) is 5.77. The van der Waals surface area contributed by atoms with E-state index in [1.54, 1.807) is 12.3 Å². The summed E-state index contributed by atoms with van der Waals surface area (Å²) in [5.41, 5.74) is 0.310. The van der Waals surface area contributed by atoms with Gasteiger partial charge in [0.05, 0.1) is 12.4 Å². The number of aldehydes is 1. The number of ether oxygens (including phenoxy) is 1. The molecule has 0 aliphatic rings. The van der Waals surface area contributed by atoms with E-state index in [2.05, 4.69) is 4.98 Å². The van der Waals surface area contributed by atoms with E-state index in [1.165, 1.54) is 23.1 Å². The van der Waals surface area contributed by atoms with Crippen molar-refractivity contribution in [2.75, 3.05) is 12.4 Å². The molecule has 0 saturated heterocycles. The monoisotopic (exact) mass is 231 g/mol. The van der Waals surface area contributed by atoms with Crippen molar-refractivity contribution in [1.82, 2.24) is 4.98 Å². The zero-order valence-electron chi connectivity index (χ0n) is 7.56. The van der Waals surface area contributed by atoms with E-state index in [4.69, 9.17) is 4.74 Å². The van der Waals surface area contributed by atoms with Gasteiger partial charge in [-0.25, -0.2) is 9.78 Å². The van der Waals surface area contributed by atoms with Gasteiger partial charge in [-0.3, -0.25) is 0 Å². The molecule has 1 aromatic rings. The lowest BCUT2D eigenvalue weighted by atomic mass is 10.5. The summed E-state index contributed by atoms with van der Waals surface area (Å²) in [7, 11) is 0. The molecule has 1 aromatic heterocycles. The highest BCUT2D eigenvalue weighted by Gasteiger charge is 2.11. The van der Waals surface area contributed by atoms with Crippen molar-refractivity contribution in [3.05, 3.63) is 11.1 Å². The smallest absolute Gasteiger partial charge is 0.357 e. The molecule has 0 saturated carbocycles. The van der Waals surface area contributed by atoms with Crippen LogP contribution in [0.25, 0.3) is 0 Å². The Hall–Kier alpha value is -0.880. The largest absolute Gasteiger partial charge is 0.461 e. The number of hydrogen-bond acceptors (Lipinski definition) is 6. The second-order valence-corrected chi connectivity index (χ2v) is 4.32. The van der Waals surface area contributed by atoms with Crippen LogP contribution in [0.15, 0.2) is 9.72 Å². The number of aromatic nitrogens is 1. The van der Waals surface area contributed by atoms with Gasteiger partial charge in [-0.1, -0.05) is 11.8 Å². The molecule has 0 unspecified atom stereocenters. The first kappa shape index (κ1) is 11.2. The van der Waals surface area contributed by atoms with E-state index in [0.717, 1.165) is 6.29 Å². The number of rotatable bonds is 5. The summed E-state index contributed by atoms with van der Waals surface area (Å²) < 4.78 is 5.48. The molecular weight excluding hydrogens is 222 g/mol. The number of thioether (sulfide) groups is 1. The van der Waals surface area contributed by atoms with Crippen LogP contribution in [-0.4, -0.2) is 29.6 Å². The molecule has 0 aliphatic heterocycles. The average molecular weight is 231 g/mol. The Morgan fingerprint density at radius 2 is 2.57 bits per heavy atom. The molecule has 0 fully saturated rings. The lowest BCUT2D eigenvalue weighted by molar-refractivity contribution is -0.105. The lowest BCUT2D eigenvalue weighted by Gasteiger charge is -1.95. The first-order chi connectivity index (χ1) is 6.77. The van der Waals surface area contributed by atoms with Crippen LogP contribution in [0, 0.1) is 0 Å². The van der Waals surface area contributed by atoms with Crippen LogP contribution in [0.1, 0.15) is 17.4 Å². The van der Waals surface area contributed by atoms with Crippen molar-refractivity contribution >= 4 is 35.4 Å².